The Morgan fingerprint density at radius 2 is 2.22 bits per heavy atom. The smallest absolute Gasteiger partial charge is 0.270 e. The highest BCUT2D eigenvalue weighted by Gasteiger charge is 2.32. The van der Waals surface area contributed by atoms with Gasteiger partial charge in [0.15, 0.2) is 0 Å². The molecule has 1 saturated heterocycles. The number of carbonyl (C=O) groups excluding carboxylic acids is 2. The van der Waals surface area contributed by atoms with Crippen LogP contribution in [0.15, 0.2) is 16.7 Å². The van der Waals surface area contributed by atoms with Crippen LogP contribution in [0.2, 0.25) is 0 Å². The quantitative estimate of drug-likeness (QED) is 0.851. The van der Waals surface area contributed by atoms with E-state index in [1.54, 1.807) is 11.3 Å². The fourth-order valence-electron chi connectivity index (χ4n) is 3.11. The average molecular weight is 334 g/mol. The Labute approximate surface area is 140 Å². The summed E-state index contributed by atoms with van der Waals surface area (Å²) < 4.78 is 0. The lowest BCUT2D eigenvalue weighted by molar-refractivity contribution is -0.133. The summed E-state index contributed by atoms with van der Waals surface area (Å²) >= 11 is 1.65. The van der Waals surface area contributed by atoms with E-state index in [0.717, 1.165) is 24.4 Å². The molecule has 124 valence electrons. The van der Waals surface area contributed by atoms with Gasteiger partial charge >= 0.3 is 0 Å². The number of nitrogens with zero attached hydrogens (tertiary/aromatic N) is 4. The van der Waals surface area contributed by atoms with E-state index in [1.165, 1.54) is 5.01 Å². The minimum Gasteiger partial charge on any atom is -0.337 e. The third-order valence-electron chi connectivity index (χ3n) is 4.30. The number of thiazole rings is 1. The van der Waals surface area contributed by atoms with Crippen molar-refractivity contribution in [2.75, 3.05) is 13.1 Å². The van der Waals surface area contributed by atoms with Crippen molar-refractivity contribution >= 4 is 28.9 Å². The summed E-state index contributed by atoms with van der Waals surface area (Å²) in [4.78, 5) is 30.9. The SMILES string of the molecule is CC(C)N1N=C(C(=O)N2CCC[C@H](c3nccs3)C2)CCC1=O. The number of amides is 2. The first-order valence-corrected chi connectivity index (χ1v) is 9.02. The van der Waals surface area contributed by atoms with E-state index in [-0.39, 0.29) is 17.9 Å². The standard InChI is InChI=1S/C16H22N4O2S/c1-11(2)20-14(21)6-5-13(18-20)16(22)19-8-3-4-12(10-19)15-17-7-9-23-15/h7,9,11-12H,3-6,8,10H2,1-2H3/t12-/m0/s1. The summed E-state index contributed by atoms with van der Waals surface area (Å²) in [6, 6.07) is -0.0185. The highest BCUT2D eigenvalue weighted by atomic mass is 32.1. The van der Waals surface area contributed by atoms with Gasteiger partial charge in [-0.25, -0.2) is 9.99 Å². The molecule has 0 aliphatic carbocycles. The van der Waals surface area contributed by atoms with E-state index in [9.17, 15) is 9.59 Å². The summed E-state index contributed by atoms with van der Waals surface area (Å²) in [5, 5.41) is 8.85. The first-order chi connectivity index (χ1) is 11.1. The van der Waals surface area contributed by atoms with Crippen molar-refractivity contribution in [1.82, 2.24) is 14.9 Å². The van der Waals surface area contributed by atoms with Crippen LogP contribution in [-0.4, -0.2) is 51.6 Å². The highest BCUT2D eigenvalue weighted by Crippen LogP contribution is 2.28. The number of piperidine rings is 1. The van der Waals surface area contributed by atoms with Gasteiger partial charge in [-0.3, -0.25) is 9.59 Å². The van der Waals surface area contributed by atoms with Crippen molar-refractivity contribution in [3.8, 4) is 0 Å². The van der Waals surface area contributed by atoms with Gasteiger partial charge in [-0.2, -0.15) is 5.10 Å². The number of aromatic nitrogens is 1. The van der Waals surface area contributed by atoms with Gasteiger partial charge in [-0.05, 0) is 26.7 Å². The summed E-state index contributed by atoms with van der Waals surface area (Å²) in [6.45, 7) is 5.28. The zero-order chi connectivity index (χ0) is 16.4. The molecule has 3 heterocycles. The van der Waals surface area contributed by atoms with Gasteiger partial charge in [-0.1, -0.05) is 0 Å². The Hall–Kier alpha value is -1.76. The molecule has 1 aromatic heterocycles. The zero-order valence-electron chi connectivity index (χ0n) is 13.6. The predicted octanol–water partition coefficient (Wildman–Crippen LogP) is 2.24. The van der Waals surface area contributed by atoms with E-state index in [0.29, 0.717) is 31.0 Å². The van der Waals surface area contributed by atoms with Crippen molar-refractivity contribution in [2.24, 2.45) is 5.10 Å². The van der Waals surface area contributed by atoms with Gasteiger partial charge in [0.05, 0.1) is 5.01 Å². The van der Waals surface area contributed by atoms with Gasteiger partial charge in [0, 0.05) is 49.5 Å². The number of likely N-dealkylation sites (tertiary alicyclic amines) is 1. The van der Waals surface area contributed by atoms with Crippen LogP contribution in [0.4, 0.5) is 0 Å². The maximum absolute atomic E-state index is 12.8. The van der Waals surface area contributed by atoms with Crippen molar-refractivity contribution in [3.05, 3.63) is 16.6 Å². The molecule has 6 nitrogen and oxygen atoms in total. The van der Waals surface area contributed by atoms with Crippen molar-refractivity contribution in [3.63, 3.8) is 0 Å². The van der Waals surface area contributed by atoms with E-state index in [4.69, 9.17) is 0 Å². The number of hydrogen-bond acceptors (Lipinski definition) is 5. The molecule has 0 unspecified atom stereocenters. The van der Waals surface area contributed by atoms with Gasteiger partial charge in [0.2, 0.25) is 5.91 Å². The molecule has 0 bridgehead atoms. The molecular weight excluding hydrogens is 312 g/mol. The molecule has 2 amide bonds. The third-order valence-corrected chi connectivity index (χ3v) is 5.24. The van der Waals surface area contributed by atoms with Crippen LogP contribution >= 0.6 is 11.3 Å². The molecule has 3 rings (SSSR count). The van der Waals surface area contributed by atoms with Crippen molar-refractivity contribution in [2.45, 2.75) is 51.5 Å². The van der Waals surface area contributed by atoms with Crippen LogP contribution in [0.3, 0.4) is 0 Å². The zero-order valence-corrected chi connectivity index (χ0v) is 14.4. The molecule has 0 spiro atoms. The second-order valence-corrected chi connectivity index (χ2v) is 7.27. The largest absolute Gasteiger partial charge is 0.337 e. The number of carbonyl (C=O) groups is 2. The normalized spacial score (nSPS) is 22.5. The van der Waals surface area contributed by atoms with Crippen LogP contribution in [-0.2, 0) is 9.59 Å². The van der Waals surface area contributed by atoms with Crippen LogP contribution in [0, 0.1) is 0 Å². The number of rotatable bonds is 3. The monoisotopic (exact) mass is 334 g/mol. The average Bonchev–Trinajstić information content (AvgIpc) is 3.09. The summed E-state index contributed by atoms with van der Waals surface area (Å²) in [5.74, 6) is 0.292. The van der Waals surface area contributed by atoms with Crippen LogP contribution in [0.5, 0.6) is 0 Å². The first kappa shape index (κ1) is 16.1. The van der Waals surface area contributed by atoms with E-state index < -0.39 is 0 Å². The molecule has 23 heavy (non-hydrogen) atoms. The number of hydrazone groups is 1. The van der Waals surface area contributed by atoms with Crippen LogP contribution in [0.1, 0.15) is 50.5 Å². The van der Waals surface area contributed by atoms with E-state index in [2.05, 4.69) is 10.1 Å². The lowest BCUT2D eigenvalue weighted by atomic mass is 9.98. The fourth-order valence-corrected chi connectivity index (χ4v) is 3.88. The van der Waals surface area contributed by atoms with Gasteiger partial charge in [0.25, 0.3) is 5.91 Å². The number of hydrogen-bond donors (Lipinski definition) is 0. The van der Waals surface area contributed by atoms with Crippen molar-refractivity contribution in [1.29, 1.82) is 0 Å². The Morgan fingerprint density at radius 3 is 2.91 bits per heavy atom. The molecule has 1 aromatic rings. The van der Waals surface area contributed by atoms with Gasteiger partial charge < -0.3 is 4.90 Å². The van der Waals surface area contributed by atoms with Crippen LogP contribution < -0.4 is 0 Å². The molecule has 0 aromatic carbocycles. The predicted molar refractivity (Wildman–Crippen MR) is 89.3 cm³/mol. The Balaban J connectivity index is 1.72. The summed E-state index contributed by atoms with van der Waals surface area (Å²) in [7, 11) is 0. The summed E-state index contributed by atoms with van der Waals surface area (Å²) in [5.41, 5.74) is 0.512. The molecule has 0 radical (unpaired) electrons. The topological polar surface area (TPSA) is 65.9 Å². The Bertz CT molecular complexity index is 612. The second-order valence-electron chi connectivity index (χ2n) is 6.34. The van der Waals surface area contributed by atoms with E-state index in [1.807, 2.05) is 30.3 Å². The maximum Gasteiger partial charge on any atom is 0.270 e. The lowest BCUT2D eigenvalue weighted by Crippen LogP contribution is -2.46. The minimum atomic E-state index is -0.0237. The molecular formula is C16H22N4O2S. The lowest BCUT2D eigenvalue weighted by Gasteiger charge is -2.33. The minimum absolute atomic E-state index is 0.00384. The summed E-state index contributed by atoms with van der Waals surface area (Å²) in [6.07, 6.45) is 4.68. The molecule has 7 heteroatoms. The third kappa shape index (κ3) is 3.44. The maximum atomic E-state index is 12.8. The highest BCUT2D eigenvalue weighted by molar-refractivity contribution is 7.09. The molecule has 1 atom stereocenters. The van der Waals surface area contributed by atoms with Crippen LogP contribution in [0.25, 0.3) is 0 Å². The molecule has 0 saturated carbocycles. The molecule has 0 N–H and O–H groups in total. The van der Waals surface area contributed by atoms with Crippen molar-refractivity contribution < 1.29 is 9.59 Å². The Kier molecular flexibility index (Phi) is 4.75. The first-order valence-electron chi connectivity index (χ1n) is 8.14. The molecule has 2 aliphatic heterocycles. The second kappa shape index (κ2) is 6.78. The van der Waals surface area contributed by atoms with Gasteiger partial charge in [0.1, 0.15) is 5.71 Å². The molecule has 1 fully saturated rings. The Morgan fingerprint density at radius 1 is 1.39 bits per heavy atom. The molecule has 2 aliphatic rings. The fraction of sp³-hybridized carbons (Fsp3) is 0.625. The van der Waals surface area contributed by atoms with Gasteiger partial charge in [-0.15, -0.1) is 11.3 Å². The van der Waals surface area contributed by atoms with E-state index >= 15 is 0 Å².